The van der Waals surface area contributed by atoms with Gasteiger partial charge in [-0.25, -0.2) is 0 Å². The van der Waals surface area contributed by atoms with E-state index in [9.17, 15) is 9.59 Å². The van der Waals surface area contributed by atoms with E-state index in [0.717, 1.165) is 22.1 Å². The van der Waals surface area contributed by atoms with Crippen molar-refractivity contribution in [3.8, 4) is 0 Å². The Hall–Kier alpha value is -3.21. The first-order valence-electron chi connectivity index (χ1n) is 16.7. The van der Waals surface area contributed by atoms with Crippen LogP contribution in [0.2, 0.25) is 0 Å². The average molecular weight is 642 g/mol. The highest BCUT2D eigenvalue weighted by Gasteiger charge is 2.68. The van der Waals surface area contributed by atoms with Gasteiger partial charge in [-0.2, -0.15) is 0 Å². The number of oxime groups is 1. The van der Waals surface area contributed by atoms with Crippen LogP contribution in [0.15, 0.2) is 65.8 Å². The van der Waals surface area contributed by atoms with E-state index in [2.05, 4.69) is 50.4 Å². The van der Waals surface area contributed by atoms with Gasteiger partial charge in [0.25, 0.3) is 11.8 Å². The van der Waals surface area contributed by atoms with Gasteiger partial charge < -0.3 is 24.8 Å². The van der Waals surface area contributed by atoms with Gasteiger partial charge in [0.2, 0.25) is 5.60 Å². The van der Waals surface area contributed by atoms with Gasteiger partial charge in [-0.1, -0.05) is 81.4 Å². The molecule has 0 radical (unpaired) electrons. The highest BCUT2D eigenvalue weighted by atomic mass is 32.1. The van der Waals surface area contributed by atoms with Crippen LogP contribution in [0.3, 0.4) is 0 Å². The van der Waals surface area contributed by atoms with Crippen LogP contribution in [0.25, 0.3) is 10.1 Å². The lowest BCUT2D eigenvalue weighted by Gasteiger charge is -2.64. The fraction of sp³-hybridized carbons (Fsp3) is 0.528. The second kappa shape index (κ2) is 11.8. The van der Waals surface area contributed by atoms with Gasteiger partial charge in [0.1, 0.15) is 0 Å². The van der Waals surface area contributed by atoms with Crippen LogP contribution in [0.4, 0.5) is 0 Å². The first-order chi connectivity index (χ1) is 22.0. The molecule has 10 heteroatoms. The van der Waals surface area contributed by atoms with Gasteiger partial charge in [-0.15, -0.1) is 11.3 Å². The Labute approximate surface area is 275 Å². The van der Waals surface area contributed by atoms with Crippen LogP contribution in [0, 0.1) is 23.2 Å². The molecule has 3 aromatic rings. The highest BCUT2D eigenvalue weighted by Crippen LogP contribution is 2.65. The third-order valence-corrected chi connectivity index (χ3v) is 12.1. The number of amides is 2. The zero-order valence-corrected chi connectivity index (χ0v) is 28.2. The van der Waals surface area contributed by atoms with Crippen LogP contribution < -0.4 is 10.6 Å². The Morgan fingerprint density at radius 1 is 1.07 bits per heavy atom. The molecule has 3 aliphatic carbocycles. The Balaban J connectivity index is 1.07. The zero-order valence-electron chi connectivity index (χ0n) is 27.4. The molecule has 2 bridgehead atoms. The van der Waals surface area contributed by atoms with Gasteiger partial charge in [-0.05, 0) is 72.4 Å². The number of thiophene rings is 1. The number of hydrogen-bond acceptors (Lipinski definition) is 7. The summed E-state index contributed by atoms with van der Waals surface area (Å²) in [7, 11) is -0.535. The fourth-order valence-corrected chi connectivity index (χ4v) is 9.32. The molecular formula is C36H44BN3O5S. The predicted molar refractivity (Wildman–Crippen MR) is 182 cm³/mol. The summed E-state index contributed by atoms with van der Waals surface area (Å²) in [6, 6.07) is 19.7. The standard InChI is InChI=1S/C36H44BN3O5S/c1-22(2)15-31(37-43-30-18-25-17-29(34(25,3)4)35(30,5)44-37)39-33(42)36(19-23-11-7-6-8-12-23)20-26(40-45-36)21-38-32(41)28-16-24-13-9-10-14-27(24)46-28/h6-14,16,22,25,29-31H,15,17-21H2,1-5H3,(H,38,41)(H,39,42)/t25-,29-,30+,31-,35-,36?/m0/s1. The first kappa shape index (κ1) is 31.4. The minimum atomic E-state index is -1.26. The van der Waals surface area contributed by atoms with E-state index in [0.29, 0.717) is 41.2 Å². The van der Waals surface area contributed by atoms with E-state index in [1.807, 2.05) is 60.7 Å². The molecule has 2 aliphatic heterocycles. The Morgan fingerprint density at radius 3 is 2.57 bits per heavy atom. The van der Waals surface area contributed by atoms with Crippen molar-refractivity contribution in [2.45, 2.75) is 90.0 Å². The van der Waals surface area contributed by atoms with Crippen LogP contribution in [0.1, 0.15) is 75.5 Å². The van der Waals surface area contributed by atoms with Crippen LogP contribution in [0.5, 0.6) is 0 Å². The van der Waals surface area contributed by atoms with E-state index in [-0.39, 0.29) is 47.8 Å². The molecule has 8 rings (SSSR count). The van der Waals surface area contributed by atoms with E-state index in [1.54, 1.807) is 0 Å². The van der Waals surface area contributed by atoms with Crippen molar-refractivity contribution in [1.29, 1.82) is 0 Å². The van der Waals surface area contributed by atoms with Gasteiger partial charge in [0.05, 0.1) is 34.8 Å². The number of hydrogen-bond donors (Lipinski definition) is 2. The predicted octanol–water partition coefficient (Wildman–Crippen LogP) is 6.19. The van der Waals surface area contributed by atoms with E-state index in [4.69, 9.17) is 14.1 Å². The quantitative estimate of drug-likeness (QED) is 0.258. The largest absolute Gasteiger partial charge is 0.481 e. The summed E-state index contributed by atoms with van der Waals surface area (Å²) in [6.45, 7) is 11.4. The molecule has 0 spiro atoms. The Morgan fingerprint density at radius 2 is 1.83 bits per heavy atom. The first-order valence-corrected chi connectivity index (χ1v) is 17.5. The second-order valence-corrected chi connectivity index (χ2v) is 16.0. The lowest BCUT2D eigenvalue weighted by molar-refractivity contribution is -0.199. The van der Waals surface area contributed by atoms with Crippen LogP contribution in [-0.4, -0.2) is 54.4 Å². The number of nitrogens with zero attached hydrogens (tertiary/aromatic N) is 1. The molecule has 46 heavy (non-hydrogen) atoms. The summed E-state index contributed by atoms with van der Waals surface area (Å²) >= 11 is 1.46. The van der Waals surface area contributed by atoms with Crippen molar-refractivity contribution in [3.05, 3.63) is 71.1 Å². The summed E-state index contributed by atoms with van der Waals surface area (Å²) in [5.74, 6) is 0.634. The van der Waals surface area contributed by atoms with Gasteiger partial charge in [0, 0.05) is 17.5 Å². The smallest absolute Gasteiger partial charge is 0.404 e. The third kappa shape index (κ3) is 5.56. The molecular weight excluding hydrogens is 597 g/mol. The molecule has 2 N–H and O–H groups in total. The molecule has 2 aromatic carbocycles. The average Bonchev–Trinajstić information content (AvgIpc) is 3.74. The molecule has 1 unspecified atom stereocenters. The normalized spacial score (nSPS) is 29.9. The molecule has 242 valence electrons. The van der Waals surface area contributed by atoms with Crippen molar-refractivity contribution in [1.82, 2.24) is 10.6 Å². The van der Waals surface area contributed by atoms with E-state index >= 15 is 0 Å². The minimum absolute atomic E-state index is 0.0290. The minimum Gasteiger partial charge on any atom is -0.404 e. The number of fused-ring (bicyclic) bond motifs is 1. The van der Waals surface area contributed by atoms with Crippen molar-refractivity contribution in [2.24, 2.45) is 28.3 Å². The Bertz CT molecular complexity index is 1630. The lowest BCUT2D eigenvalue weighted by atomic mass is 9.43. The van der Waals surface area contributed by atoms with Crippen LogP contribution >= 0.6 is 11.3 Å². The zero-order chi connectivity index (χ0) is 32.3. The van der Waals surface area contributed by atoms with Crippen LogP contribution in [-0.2, 0) is 25.4 Å². The molecule has 6 atom stereocenters. The van der Waals surface area contributed by atoms with Gasteiger partial charge in [0.15, 0.2) is 0 Å². The maximum Gasteiger partial charge on any atom is 0.481 e. The molecule has 3 saturated carbocycles. The summed E-state index contributed by atoms with van der Waals surface area (Å²) in [6.07, 6.45) is 3.50. The molecule has 3 heterocycles. The second-order valence-electron chi connectivity index (χ2n) is 15.0. The maximum absolute atomic E-state index is 14.4. The summed E-state index contributed by atoms with van der Waals surface area (Å²) in [5, 5.41) is 11.7. The lowest BCUT2D eigenvalue weighted by Crippen LogP contribution is -2.65. The van der Waals surface area contributed by atoms with Crippen molar-refractivity contribution >= 4 is 46.1 Å². The van der Waals surface area contributed by atoms with Crippen molar-refractivity contribution in [2.75, 3.05) is 6.54 Å². The van der Waals surface area contributed by atoms with Crippen molar-refractivity contribution in [3.63, 3.8) is 0 Å². The van der Waals surface area contributed by atoms with Gasteiger partial charge >= 0.3 is 7.12 Å². The number of rotatable bonds is 10. The number of benzene rings is 2. The molecule has 1 saturated heterocycles. The third-order valence-electron chi connectivity index (χ3n) is 11.0. The number of carbonyl (C=O) groups excluding carboxylic acids is 2. The number of nitrogens with one attached hydrogen (secondary N) is 2. The summed E-state index contributed by atoms with van der Waals surface area (Å²) in [5.41, 5.74) is 0.204. The Kier molecular flexibility index (Phi) is 8.05. The summed E-state index contributed by atoms with van der Waals surface area (Å²) in [4.78, 5) is 34.2. The molecule has 1 aromatic heterocycles. The van der Waals surface area contributed by atoms with Gasteiger partial charge in [-0.3, -0.25) is 9.59 Å². The van der Waals surface area contributed by atoms with Crippen molar-refractivity contribution < 1.29 is 23.7 Å². The SMILES string of the molecule is CC(C)C[C@H](NC(=O)C1(Cc2ccccc2)CC(CNC(=O)c2cc3ccccc3s2)=NO1)B1O[C@@H]2C[C@@H]3C[C@@H](C3(C)C)[C@]2(C)O1. The monoisotopic (exact) mass is 641 g/mol. The number of carbonyl (C=O) groups is 2. The maximum atomic E-state index is 14.4. The molecule has 8 nitrogen and oxygen atoms in total. The topological polar surface area (TPSA) is 98.3 Å². The highest BCUT2D eigenvalue weighted by molar-refractivity contribution is 7.20. The fourth-order valence-electron chi connectivity index (χ4n) is 8.34. The van der Waals surface area contributed by atoms with E-state index < -0.39 is 12.7 Å². The summed E-state index contributed by atoms with van der Waals surface area (Å²) < 4.78 is 14.5. The van der Waals surface area contributed by atoms with E-state index in [1.165, 1.54) is 17.8 Å². The molecule has 2 amide bonds. The molecule has 5 aliphatic rings. The molecule has 4 fully saturated rings.